The molecule has 0 fully saturated rings. The van der Waals surface area contributed by atoms with Crippen LogP contribution in [0.4, 0.5) is 0 Å². The average molecular weight is 215 g/mol. The van der Waals surface area contributed by atoms with Crippen molar-refractivity contribution in [3.63, 3.8) is 0 Å². The third-order valence-electron chi connectivity index (χ3n) is 2.35. The molecule has 2 unspecified atom stereocenters. The molecule has 0 heterocycles. The monoisotopic (exact) mass is 215 g/mol. The fourth-order valence-electron chi connectivity index (χ4n) is 0.915. The maximum Gasteiger partial charge on any atom is 0.242 e. The maximum atomic E-state index is 11.6. The Morgan fingerprint density at radius 2 is 1.93 bits per heavy atom. The fourth-order valence-corrected chi connectivity index (χ4v) is 0.915. The molecule has 0 aliphatic heterocycles. The number of nitrogens with two attached hydrogens (primary N) is 1. The maximum absolute atomic E-state index is 11.6. The number of nitrogens with one attached hydrogen (secondary N) is 2. The number of likely N-dealkylation sites (N-methyl/N-ethyl adjacent to an activating group) is 1. The predicted molar refractivity (Wildman–Crippen MR) is 59.2 cm³/mol. The molecule has 0 aromatic heterocycles. The molecule has 0 aromatic rings. The Morgan fingerprint density at radius 3 is 2.33 bits per heavy atom. The van der Waals surface area contributed by atoms with Gasteiger partial charge in [0.05, 0.1) is 5.54 Å². The number of hydrogen-bond donors (Lipinski definition) is 3. The molecule has 0 spiro atoms. The molecule has 0 bridgehead atoms. The van der Waals surface area contributed by atoms with E-state index in [-0.39, 0.29) is 11.8 Å². The second-order valence-corrected chi connectivity index (χ2v) is 3.86. The first kappa shape index (κ1) is 13.9. The van der Waals surface area contributed by atoms with Gasteiger partial charge in [0.2, 0.25) is 11.8 Å². The second kappa shape index (κ2) is 5.70. The van der Waals surface area contributed by atoms with E-state index in [1.54, 1.807) is 13.8 Å². The Kier molecular flexibility index (Phi) is 5.28. The molecule has 0 aromatic carbocycles. The van der Waals surface area contributed by atoms with Crippen LogP contribution in [0.2, 0.25) is 0 Å². The third-order valence-corrected chi connectivity index (χ3v) is 2.35. The van der Waals surface area contributed by atoms with E-state index in [0.29, 0.717) is 13.0 Å². The van der Waals surface area contributed by atoms with Crippen LogP contribution in [0.15, 0.2) is 0 Å². The van der Waals surface area contributed by atoms with Crippen LogP contribution < -0.4 is 16.4 Å². The molecule has 4 N–H and O–H groups in total. The van der Waals surface area contributed by atoms with Crippen molar-refractivity contribution >= 4 is 11.8 Å². The van der Waals surface area contributed by atoms with Gasteiger partial charge in [0.25, 0.3) is 0 Å². The Labute approximate surface area is 90.8 Å². The largest absolute Gasteiger partial charge is 0.355 e. The lowest BCUT2D eigenvalue weighted by Gasteiger charge is -2.24. The number of amides is 2. The number of rotatable bonds is 5. The van der Waals surface area contributed by atoms with Crippen molar-refractivity contribution in [3.8, 4) is 0 Å². The fraction of sp³-hybridized carbons (Fsp3) is 0.800. The lowest BCUT2D eigenvalue weighted by Crippen LogP contribution is -2.56. The summed E-state index contributed by atoms with van der Waals surface area (Å²) in [6, 6.07) is -0.549. The van der Waals surface area contributed by atoms with Crippen LogP contribution in [-0.2, 0) is 9.59 Å². The standard InChI is InChI=1S/C10H21N3O2/c1-5-10(4,11)9(15)13-7(3)8(14)12-6-2/h7H,5-6,11H2,1-4H3,(H,12,14)(H,13,15). The van der Waals surface area contributed by atoms with Crippen LogP contribution in [0, 0.1) is 0 Å². The SMILES string of the molecule is CCNC(=O)C(C)NC(=O)C(C)(N)CC. The molecule has 15 heavy (non-hydrogen) atoms. The average Bonchev–Trinajstić information content (AvgIpc) is 2.17. The highest BCUT2D eigenvalue weighted by molar-refractivity contribution is 5.91. The van der Waals surface area contributed by atoms with Gasteiger partial charge >= 0.3 is 0 Å². The summed E-state index contributed by atoms with van der Waals surface area (Å²) in [5, 5.41) is 5.21. The Morgan fingerprint density at radius 1 is 1.40 bits per heavy atom. The van der Waals surface area contributed by atoms with Crippen molar-refractivity contribution < 1.29 is 9.59 Å². The third kappa shape index (κ3) is 4.29. The van der Waals surface area contributed by atoms with Crippen LogP contribution in [0.5, 0.6) is 0 Å². The Hall–Kier alpha value is -1.10. The quantitative estimate of drug-likeness (QED) is 0.591. The van der Waals surface area contributed by atoms with Crippen molar-refractivity contribution in [1.82, 2.24) is 10.6 Å². The summed E-state index contributed by atoms with van der Waals surface area (Å²) in [5.41, 5.74) is 4.82. The zero-order valence-corrected chi connectivity index (χ0v) is 9.89. The summed E-state index contributed by atoms with van der Waals surface area (Å²) < 4.78 is 0. The van der Waals surface area contributed by atoms with E-state index >= 15 is 0 Å². The van der Waals surface area contributed by atoms with Gasteiger partial charge in [-0.05, 0) is 27.2 Å². The first-order valence-electron chi connectivity index (χ1n) is 5.22. The zero-order valence-electron chi connectivity index (χ0n) is 9.89. The first-order chi connectivity index (χ1) is 6.85. The lowest BCUT2D eigenvalue weighted by atomic mass is 9.99. The topological polar surface area (TPSA) is 84.2 Å². The van der Waals surface area contributed by atoms with Crippen molar-refractivity contribution in [3.05, 3.63) is 0 Å². The van der Waals surface area contributed by atoms with E-state index < -0.39 is 11.6 Å². The molecule has 5 heteroatoms. The molecule has 2 atom stereocenters. The molecule has 5 nitrogen and oxygen atoms in total. The molecule has 88 valence electrons. The van der Waals surface area contributed by atoms with Crippen molar-refractivity contribution in [2.24, 2.45) is 5.73 Å². The van der Waals surface area contributed by atoms with Crippen LogP contribution in [-0.4, -0.2) is 29.9 Å². The van der Waals surface area contributed by atoms with Gasteiger partial charge in [-0.2, -0.15) is 0 Å². The minimum atomic E-state index is -0.916. The highest BCUT2D eigenvalue weighted by atomic mass is 16.2. The summed E-state index contributed by atoms with van der Waals surface area (Å²) >= 11 is 0. The smallest absolute Gasteiger partial charge is 0.242 e. The van der Waals surface area contributed by atoms with Gasteiger partial charge in [-0.1, -0.05) is 6.92 Å². The molecular weight excluding hydrogens is 194 g/mol. The van der Waals surface area contributed by atoms with E-state index in [4.69, 9.17) is 5.73 Å². The summed E-state index contributed by atoms with van der Waals surface area (Å²) in [6.07, 6.45) is 0.529. The minimum absolute atomic E-state index is 0.197. The predicted octanol–water partition coefficient (Wildman–Crippen LogP) is -0.245. The van der Waals surface area contributed by atoms with Gasteiger partial charge in [0.15, 0.2) is 0 Å². The molecule has 0 radical (unpaired) electrons. The Bertz CT molecular complexity index is 239. The molecular formula is C10H21N3O2. The highest BCUT2D eigenvalue weighted by Crippen LogP contribution is 2.04. The van der Waals surface area contributed by atoms with E-state index in [1.165, 1.54) is 0 Å². The first-order valence-corrected chi connectivity index (χ1v) is 5.22. The van der Waals surface area contributed by atoms with Crippen LogP contribution >= 0.6 is 0 Å². The van der Waals surface area contributed by atoms with E-state index in [0.717, 1.165) is 0 Å². The summed E-state index contributed by atoms with van der Waals surface area (Å²) in [5.74, 6) is -0.499. The number of carbonyl (C=O) groups excluding carboxylic acids is 2. The number of hydrogen-bond acceptors (Lipinski definition) is 3. The minimum Gasteiger partial charge on any atom is -0.355 e. The van der Waals surface area contributed by atoms with Crippen molar-refractivity contribution in [2.75, 3.05) is 6.54 Å². The van der Waals surface area contributed by atoms with E-state index in [2.05, 4.69) is 10.6 Å². The lowest BCUT2D eigenvalue weighted by molar-refractivity contribution is -0.131. The van der Waals surface area contributed by atoms with Gasteiger partial charge in [-0.25, -0.2) is 0 Å². The number of carbonyl (C=O) groups is 2. The summed E-state index contributed by atoms with van der Waals surface area (Å²) in [7, 11) is 0. The van der Waals surface area contributed by atoms with E-state index in [1.807, 2.05) is 13.8 Å². The van der Waals surface area contributed by atoms with Gasteiger partial charge in [-0.15, -0.1) is 0 Å². The van der Waals surface area contributed by atoms with Gasteiger partial charge < -0.3 is 16.4 Å². The Balaban J connectivity index is 4.24. The molecule has 2 amide bonds. The van der Waals surface area contributed by atoms with Crippen LogP contribution in [0.1, 0.15) is 34.1 Å². The summed E-state index contributed by atoms with van der Waals surface area (Å²) in [6.45, 7) is 7.48. The van der Waals surface area contributed by atoms with Crippen LogP contribution in [0.25, 0.3) is 0 Å². The van der Waals surface area contributed by atoms with Gasteiger partial charge in [-0.3, -0.25) is 9.59 Å². The van der Waals surface area contributed by atoms with Crippen molar-refractivity contribution in [2.45, 2.75) is 45.7 Å². The van der Waals surface area contributed by atoms with Gasteiger partial charge in [0, 0.05) is 6.54 Å². The second-order valence-electron chi connectivity index (χ2n) is 3.86. The van der Waals surface area contributed by atoms with E-state index in [9.17, 15) is 9.59 Å². The normalized spacial score (nSPS) is 16.3. The molecule has 0 saturated heterocycles. The molecule has 0 aliphatic carbocycles. The van der Waals surface area contributed by atoms with Crippen LogP contribution in [0.3, 0.4) is 0 Å². The molecule has 0 aliphatic rings. The van der Waals surface area contributed by atoms with Crippen molar-refractivity contribution in [1.29, 1.82) is 0 Å². The highest BCUT2D eigenvalue weighted by Gasteiger charge is 2.28. The summed E-state index contributed by atoms with van der Waals surface area (Å²) in [4.78, 5) is 22.9. The zero-order chi connectivity index (χ0) is 12.1. The molecule has 0 saturated carbocycles. The van der Waals surface area contributed by atoms with Gasteiger partial charge in [0.1, 0.15) is 6.04 Å². The molecule has 0 rings (SSSR count).